The fourth-order valence-electron chi connectivity index (χ4n) is 2.49. The molecular weight excluding hydrogens is 136 g/mol. The first kappa shape index (κ1) is 7.35. The van der Waals surface area contributed by atoms with E-state index in [2.05, 4.69) is 19.1 Å². The van der Waals surface area contributed by atoms with E-state index < -0.39 is 0 Å². The molecule has 1 heteroatoms. The lowest BCUT2D eigenvalue weighted by molar-refractivity contribution is 0.00634. The predicted molar refractivity (Wildman–Crippen MR) is 45.2 cm³/mol. The second kappa shape index (κ2) is 2.34. The normalized spacial score (nSPS) is 49.3. The van der Waals surface area contributed by atoms with E-state index in [-0.39, 0.29) is 11.5 Å². The van der Waals surface area contributed by atoms with E-state index in [1.807, 2.05) is 0 Å². The third kappa shape index (κ3) is 1.12. The van der Waals surface area contributed by atoms with E-state index >= 15 is 0 Å². The molecule has 0 spiro atoms. The van der Waals surface area contributed by atoms with Gasteiger partial charge in [0.05, 0.1) is 6.10 Å². The lowest BCUT2D eigenvalue weighted by atomic mass is 9.65. The van der Waals surface area contributed by atoms with Crippen LogP contribution in [0.2, 0.25) is 0 Å². The smallest absolute Gasteiger partial charge is 0.0628 e. The fourth-order valence-corrected chi connectivity index (χ4v) is 2.49. The third-order valence-corrected chi connectivity index (χ3v) is 3.31. The number of aliphatic hydroxyl groups is 1. The predicted octanol–water partition coefficient (Wildman–Crippen LogP) is 2.11. The van der Waals surface area contributed by atoms with Gasteiger partial charge >= 0.3 is 0 Å². The molecule has 3 unspecified atom stereocenters. The highest BCUT2D eigenvalue weighted by molar-refractivity contribution is 5.09. The van der Waals surface area contributed by atoms with Crippen molar-refractivity contribution >= 4 is 0 Å². The Morgan fingerprint density at radius 3 is 3.00 bits per heavy atom. The summed E-state index contributed by atoms with van der Waals surface area (Å²) in [6.45, 7) is 2.18. The Balaban J connectivity index is 2.24. The van der Waals surface area contributed by atoms with Gasteiger partial charge in [-0.2, -0.15) is 0 Å². The van der Waals surface area contributed by atoms with Gasteiger partial charge in [-0.25, -0.2) is 0 Å². The molecule has 1 fully saturated rings. The molecule has 1 nitrogen and oxygen atoms in total. The summed E-state index contributed by atoms with van der Waals surface area (Å²) in [4.78, 5) is 0. The second-order valence-corrected chi connectivity index (χ2v) is 4.31. The van der Waals surface area contributed by atoms with Crippen LogP contribution in [-0.2, 0) is 0 Å². The summed E-state index contributed by atoms with van der Waals surface area (Å²) in [6.07, 6.45) is 9.04. The van der Waals surface area contributed by atoms with Crippen LogP contribution in [0.15, 0.2) is 12.2 Å². The van der Waals surface area contributed by atoms with Crippen LogP contribution in [0.1, 0.15) is 32.6 Å². The van der Waals surface area contributed by atoms with Crippen LogP contribution in [0.5, 0.6) is 0 Å². The number of rotatable bonds is 0. The maximum Gasteiger partial charge on any atom is 0.0628 e. The quantitative estimate of drug-likeness (QED) is 0.527. The molecule has 11 heavy (non-hydrogen) atoms. The van der Waals surface area contributed by atoms with Gasteiger partial charge in [0.2, 0.25) is 0 Å². The Morgan fingerprint density at radius 1 is 1.45 bits per heavy atom. The molecule has 0 aromatic rings. The molecular formula is C10H16O. The number of allylic oxidation sites excluding steroid dienone is 1. The van der Waals surface area contributed by atoms with E-state index in [0.29, 0.717) is 0 Å². The van der Waals surface area contributed by atoms with Crippen molar-refractivity contribution in [3.05, 3.63) is 12.2 Å². The molecule has 2 aliphatic rings. The molecule has 0 aromatic carbocycles. The first-order chi connectivity index (χ1) is 5.21. The van der Waals surface area contributed by atoms with Gasteiger partial charge in [0.1, 0.15) is 0 Å². The largest absolute Gasteiger partial charge is 0.392 e. The Bertz CT molecular complexity index is 185. The van der Waals surface area contributed by atoms with Crippen LogP contribution in [0.3, 0.4) is 0 Å². The molecule has 0 amide bonds. The van der Waals surface area contributed by atoms with Crippen molar-refractivity contribution in [2.75, 3.05) is 0 Å². The van der Waals surface area contributed by atoms with Crippen molar-refractivity contribution in [1.82, 2.24) is 0 Å². The summed E-state index contributed by atoms with van der Waals surface area (Å²) in [6, 6.07) is 0. The number of hydrogen-bond donors (Lipinski definition) is 1. The molecule has 2 rings (SSSR count). The summed E-state index contributed by atoms with van der Waals surface area (Å²) in [5.74, 6) is 0.855. The van der Waals surface area contributed by atoms with E-state index in [4.69, 9.17) is 0 Å². The minimum atomic E-state index is -0.0877. The Morgan fingerprint density at radius 2 is 2.27 bits per heavy atom. The van der Waals surface area contributed by atoms with Crippen molar-refractivity contribution in [3.63, 3.8) is 0 Å². The van der Waals surface area contributed by atoms with Gasteiger partial charge in [0.15, 0.2) is 0 Å². The minimum absolute atomic E-state index is 0.0877. The van der Waals surface area contributed by atoms with Crippen LogP contribution in [0.25, 0.3) is 0 Å². The molecule has 0 heterocycles. The zero-order valence-electron chi connectivity index (χ0n) is 7.09. The lowest BCUT2D eigenvalue weighted by Crippen LogP contribution is -2.39. The van der Waals surface area contributed by atoms with Crippen molar-refractivity contribution in [3.8, 4) is 0 Å². The molecule has 0 aromatic heterocycles. The molecule has 0 radical (unpaired) electrons. The molecule has 2 aliphatic carbocycles. The molecule has 3 atom stereocenters. The molecule has 1 saturated carbocycles. The first-order valence-electron chi connectivity index (χ1n) is 4.56. The monoisotopic (exact) mass is 152 g/mol. The standard InChI is InChI=1S/C10H16O/c1-10-6-2-3-8(7-10)4-5-9(10)11/h2,6,8-9,11H,3-5,7H2,1H3. The van der Waals surface area contributed by atoms with Gasteiger partial charge in [-0.05, 0) is 31.6 Å². The summed E-state index contributed by atoms with van der Waals surface area (Å²) >= 11 is 0. The van der Waals surface area contributed by atoms with E-state index in [1.165, 1.54) is 19.3 Å². The van der Waals surface area contributed by atoms with Crippen molar-refractivity contribution in [2.24, 2.45) is 11.3 Å². The van der Waals surface area contributed by atoms with E-state index in [1.54, 1.807) is 0 Å². The SMILES string of the molecule is CC12C=CCC(CCC1O)C2. The highest BCUT2D eigenvalue weighted by atomic mass is 16.3. The van der Waals surface area contributed by atoms with Crippen molar-refractivity contribution < 1.29 is 5.11 Å². The topological polar surface area (TPSA) is 20.2 Å². The maximum atomic E-state index is 9.73. The molecule has 0 saturated heterocycles. The number of aliphatic hydroxyl groups excluding tert-OH is 1. The lowest BCUT2D eigenvalue weighted by Gasteiger charge is -2.42. The number of hydrogen-bond acceptors (Lipinski definition) is 1. The Labute approximate surface area is 68.1 Å². The maximum absolute atomic E-state index is 9.73. The van der Waals surface area contributed by atoms with Crippen LogP contribution in [-0.4, -0.2) is 11.2 Å². The van der Waals surface area contributed by atoms with Crippen LogP contribution in [0, 0.1) is 11.3 Å². The molecule has 1 N–H and O–H groups in total. The summed E-state index contributed by atoms with van der Waals surface area (Å²) in [5.41, 5.74) is 0.112. The highest BCUT2D eigenvalue weighted by Gasteiger charge is 2.38. The molecule has 0 aliphatic heterocycles. The van der Waals surface area contributed by atoms with Crippen LogP contribution in [0.4, 0.5) is 0 Å². The zero-order chi connectivity index (χ0) is 7.90. The highest BCUT2D eigenvalue weighted by Crippen LogP contribution is 2.44. The minimum Gasteiger partial charge on any atom is -0.392 e. The van der Waals surface area contributed by atoms with Gasteiger partial charge in [0, 0.05) is 5.41 Å². The van der Waals surface area contributed by atoms with Gasteiger partial charge < -0.3 is 5.11 Å². The fraction of sp³-hybridized carbons (Fsp3) is 0.800. The average molecular weight is 152 g/mol. The Hall–Kier alpha value is -0.300. The molecule has 62 valence electrons. The van der Waals surface area contributed by atoms with E-state index in [9.17, 15) is 5.11 Å². The average Bonchev–Trinajstić information content (AvgIpc) is 1.98. The summed E-state index contributed by atoms with van der Waals surface area (Å²) < 4.78 is 0. The second-order valence-electron chi connectivity index (χ2n) is 4.31. The third-order valence-electron chi connectivity index (χ3n) is 3.31. The van der Waals surface area contributed by atoms with Gasteiger partial charge in [-0.15, -0.1) is 0 Å². The number of fused-ring (bicyclic) bond motifs is 2. The summed E-state index contributed by atoms with van der Waals surface area (Å²) in [7, 11) is 0. The summed E-state index contributed by atoms with van der Waals surface area (Å²) in [5, 5.41) is 9.73. The van der Waals surface area contributed by atoms with Crippen LogP contribution < -0.4 is 0 Å². The van der Waals surface area contributed by atoms with Gasteiger partial charge in [-0.1, -0.05) is 19.1 Å². The van der Waals surface area contributed by atoms with Crippen molar-refractivity contribution in [1.29, 1.82) is 0 Å². The molecule has 2 bridgehead atoms. The van der Waals surface area contributed by atoms with Crippen LogP contribution >= 0.6 is 0 Å². The zero-order valence-corrected chi connectivity index (χ0v) is 7.09. The Kier molecular flexibility index (Phi) is 1.57. The van der Waals surface area contributed by atoms with Gasteiger partial charge in [0.25, 0.3) is 0 Å². The van der Waals surface area contributed by atoms with E-state index in [0.717, 1.165) is 12.3 Å². The first-order valence-corrected chi connectivity index (χ1v) is 4.56. The van der Waals surface area contributed by atoms with Crippen molar-refractivity contribution in [2.45, 2.75) is 38.7 Å². The van der Waals surface area contributed by atoms with Gasteiger partial charge in [-0.3, -0.25) is 0 Å².